The smallest absolute Gasteiger partial charge is 0.324 e. The Morgan fingerprint density at radius 1 is 1.46 bits per heavy atom. The Kier molecular flexibility index (Phi) is 4.29. The molecule has 1 aromatic rings. The molecule has 3 rings (SSSR count). The monoisotopic (exact) mass is 354 g/mol. The van der Waals surface area contributed by atoms with Crippen LogP contribution in [0.4, 0.5) is 5.13 Å². The molecule has 0 radical (unpaired) electrons. The van der Waals surface area contributed by atoms with E-state index in [0.29, 0.717) is 30.0 Å². The first-order chi connectivity index (χ1) is 11.2. The lowest BCUT2D eigenvalue weighted by Gasteiger charge is -2.20. The number of ether oxygens (including phenoxy) is 3. The SMILES string of the molecule is CC(C)COC[C@@H]1C[C@]2(C[C@@](C)(c3csc(N)n3)OC2=O)C(=O)O1. The van der Waals surface area contributed by atoms with E-state index in [0.717, 1.165) is 0 Å². The molecule has 0 amide bonds. The number of aromatic nitrogens is 1. The molecule has 24 heavy (non-hydrogen) atoms. The predicted molar refractivity (Wildman–Crippen MR) is 87.2 cm³/mol. The molecule has 0 aliphatic carbocycles. The van der Waals surface area contributed by atoms with Crippen LogP contribution in [0.2, 0.25) is 0 Å². The van der Waals surface area contributed by atoms with Gasteiger partial charge in [0.15, 0.2) is 16.1 Å². The molecule has 132 valence electrons. The fourth-order valence-corrected chi connectivity index (χ4v) is 3.96. The minimum atomic E-state index is -1.26. The van der Waals surface area contributed by atoms with Crippen LogP contribution in [0.5, 0.6) is 0 Å². The van der Waals surface area contributed by atoms with E-state index >= 15 is 0 Å². The van der Waals surface area contributed by atoms with Gasteiger partial charge in [-0.15, -0.1) is 11.3 Å². The Morgan fingerprint density at radius 2 is 2.21 bits per heavy atom. The van der Waals surface area contributed by atoms with Gasteiger partial charge >= 0.3 is 11.9 Å². The van der Waals surface area contributed by atoms with Crippen molar-refractivity contribution in [2.45, 2.75) is 45.3 Å². The summed E-state index contributed by atoms with van der Waals surface area (Å²) in [6.07, 6.45) is 0.0612. The van der Waals surface area contributed by atoms with Gasteiger partial charge in [0.05, 0.1) is 12.3 Å². The molecule has 2 aliphatic heterocycles. The minimum absolute atomic E-state index is 0.210. The highest BCUT2D eigenvalue weighted by Crippen LogP contribution is 2.52. The summed E-state index contributed by atoms with van der Waals surface area (Å²) in [5, 5.41) is 2.16. The second kappa shape index (κ2) is 6.00. The molecule has 0 unspecified atom stereocenters. The van der Waals surface area contributed by atoms with Crippen molar-refractivity contribution in [1.82, 2.24) is 4.98 Å². The summed E-state index contributed by atoms with van der Waals surface area (Å²) >= 11 is 1.28. The number of thiazole rings is 1. The summed E-state index contributed by atoms with van der Waals surface area (Å²) in [7, 11) is 0. The van der Waals surface area contributed by atoms with E-state index in [-0.39, 0.29) is 12.8 Å². The van der Waals surface area contributed by atoms with Gasteiger partial charge in [-0.05, 0) is 12.8 Å². The quantitative estimate of drug-likeness (QED) is 0.636. The Balaban J connectivity index is 1.74. The van der Waals surface area contributed by atoms with Crippen LogP contribution in [0.1, 0.15) is 39.3 Å². The van der Waals surface area contributed by atoms with Gasteiger partial charge in [-0.25, -0.2) is 4.98 Å². The fourth-order valence-electron chi connectivity index (χ4n) is 3.28. The van der Waals surface area contributed by atoms with E-state index in [2.05, 4.69) is 4.98 Å². The molecule has 7 nitrogen and oxygen atoms in total. The second-order valence-corrected chi connectivity index (χ2v) is 8.00. The molecule has 2 fully saturated rings. The van der Waals surface area contributed by atoms with E-state index in [4.69, 9.17) is 19.9 Å². The van der Waals surface area contributed by atoms with Crippen molar-refractivity contribution >= 4 is 28.4 Å². The fraction of sp³-hybridized carbons (Fsp3) is 0.688. The number of cyclic esters (lactones) is 2. The highest BCUT2D eigenvalue weighted by atomic mass is 32.1. The number of anilines is 1. The maximum absolute atomic E-state index is 12.5. The molecule has 8 heteroatoms. The van der Waals surface area contributed by atoms with Gasteiger partial charge in [-0.2, -0.15) is 0 Å². The van der Waals surface area contributed by atoms with Gasteiger partial charge in [0, 0.05) is 24.8 Å². The van der Waals surface area contributed by atoms with Crippen molar-refractivity contribution in [3.05, 3.63) is 11.1 Å². The van der Waals surface area contributed by atoms with Crippen molar-refractivity contribution in [1.29, 1.82) is 0 Å². The first-order valence-electron chi connectivity index (χ1n) is 7.99. The summed E-state index contributed by atoms with van der Waals surface area (Å²) in [5.74, 6) is -0.684. The summed E-state index contributed by atoms with van der Waals surface area (Å²) in [6, 6.07) is 0. The minimum Gasteiger partial charge on any atom is -0.459 e. The van der Waals surface area contributed by atoms with Crippen LogP contribution >= 0.6 is 11.3 Å². The molecule has 2 aliphatic rings. The number of nitrogen functional groups attached to an aromatic ring is 1. The van der Waals surface area contributed by atoms with Crippen LogP contribution in [0.15, 0.2) is 5.38 Å². The van der Waals surface area contributed by atoms with Gasteiger partial charge in [0.25, 0.3) is 0 Å². The van der Waals surface area contributed by atoms with Gasteiger partial charge < -0.3 is 19.9 Å². The summed E-state index contributed by atoms with van der Waals surface area (Å²) in [5.41, 5.74) is 4.02. The lowest BCUT2D eigenvalue weighted by molar-refractivity contribution is -0.160. The number of hydrogen-bond acceptors (Lipinski definition) is 8. The molecule has 1 aromatic heterocycles. The number of rotatable bonds is 5. The van der Waals surface area contributed by atoms with Crippen LogP contribution in [0.25, 0.3) is 0 Å². The Labute approximate surface area is 144 Å². The molecule has 2 N–H and O–H groups in total. The molecule has 0 saturated carbocycles. The zero-order valence-electron chi connectivity index (χ0n) is 14.0. The third-order valence-electron chi connectivity index (χ3n) is 4.41. The van der Waals surface area contributed by atoms with E-state index in [1.807, 2.05) is 13.8 Å². The average molecular weight is 354 g/mol. The van der Waals surface area contributed by atoms with Crippen molar-refractivity contribution in [2.75, 3.05) is 18.9 Å². The molecule has 3 atom stereocenters. The van der Waals surface area contributed by atoms with Crippen molar-refractivity contribution in [3.63, 3.8) is 0 Å². The van der Waals surface area contributed by atoms with Crippen LogP contribution in [0.3, 0.4) is 0 Å². The van der Waals surface area contributed by atoms with E-state index in [1.165, 1.54) is 11.3 Å². The largest absolute Gasteiger partial charge is 0.459 e. The molecular formula is C16H22N2O5S. The van der Waals surface area contributed by atoms with Crippen LogP contribution in [0, 0.1) is 11.3 Å². The standard InChI is InChI=1S/C16H22N2O5S/c1-9(2)5-21-6-10-4-16(12(19)22-10)8-15(3,23-13(16)20)11-7-24-14(17)18-11/h7,9-10H,4-6,8H2,1-3H3,(H2,17,18)/t10-,15-,16-/m0/s1. The van der Waals surface area contributed by atoms with E-state index in [9.17, 15) is 9.59 Å². The van der Waals surface area contributed by atoms with Crippen LogP contribution < -0.4 is 5.73 Å². The zero-order valence-corrected chi connectivity index (χ0v) is 14.9. The zero-order chi connectivity index (χ0) is 17.5. The Bertz CT molecular complexity index is 661. The van der Waals surface area contributed by atoms with Gasteiger partial charge in [0.1, 0.15) is 6.10 Å². The first kappa shape index (κ1) is 17.2. The number of carbonyl (C=O) groups is 2. The molecular weight excluding hydrogens is 332 g/mol. The number of hydrogen-bond donors (Lipinski definition) is 1. The topological polar surface area (TPSA) is 101 Å². The maximum atomic E-state index is 12.5. The molecule has 0 bridgehead atoms. The maximum Gasteiger partial charge on any atom is 0.324 e. The molecule has 0 aromatic carbocycles. The van der Waals surface area contributed by atoms with Gasteiger partial charge in [-0.3, -0.25) is 9.59 Å². The highest BCUT2D eigenvalue weighted by molar-refractivity contribution is 7.13. The summed E-state index contributed by atoms with van der Waals surface area (Å²) < 4.78 is 16.5. The number of nitrogens with two attached hydrogens (primary N) is 1. The van der Waals surface area contributed by atoms with Crippen LogP contribution in [-0.2, 0) is 29.4 Å². The van der Waals surface area contributed by atoms with Crippen LogP contribution in [-0.4, -0.2) is 36.2 Å². The molecule has 1 spiro atoms. The molecule has 2 saturated heterocycles. The lowest BCUT2D eigenvalue weighted by atomic mass is 9.78. The van der Waals surface area contributed by atoms with E-state index < -0.39 is 29.1 Å². The lowest BCUT2D eigenvalue weighted by Crippen LogP contribution is -2.32. The number of nitrogens with zero attached hydrogens (tertiary/aromatic N) is 1. The van der Waals surface area contributed by atoms with E-state index in [1.54, 1.807) is 12.3 Å². The Morgan fingerprint density at radius 3 is 2.83 bits per heavy atom. The van der Waals surface area contributed by atoms with Crippen molar-refractivity contribution in [2.24, 2.45) is 11.3 Å². The van der Waals surface area contributed by atoms with Crippen molar-refractivity contribution < 1.29 is 23.8 Å². The molecule has 3 heterocycles. The van der Waals surface area contributed by atoms with Gasteiger partial charge in [0.2, 0.25) is 0 Å². The normalized spacial score (nSPS) is 32.6. The summed E-state index contributed by atoms with van der Waals surface area (Å²) in [4.78, 5) is 29.1. The average Bonchev–Trinajstić information content (AvgIpc) is 3.11. The predicted octanol–water partition coefficient (Wildman–Crippen LogP) is 1.86. The number of carbonyl (C=O) groups excluding carboxylic acids is 2. The highest BCUT2D eigenvalue weighted by Gasteiger charge is 2.65. The summed E-state index contributed by atoms with van der Waals surface area (Å²) in [6.45, 7) is 6.72. The Hall–Kier alpha value is -1.67. The van der Waals surface area contributed by atoms with Crippen molar-refractivity contribution in [3.8, 4) is 0 Å². The first-order valence-corrected chi connectivity index (χ1v) is 8.87. The third-order valence-corrected chi connectivity index (χ3v) is 5.08. The second-order valence-electron chi connectivity index (χ2n) is 7.11. The third kappa shape index (κ3) is 2.88. The van der Waals surface area contributed by atoms with Gasteiger partial charge in [-0.1, -0.05) is 13.8 Å². The number of esters is 2.